The fourth-order valence-corrected chi connectivity index (χ4v) is 3.07. The highest BCUT2D eigenvalue weighted by Gasteiger charge is 2.31. The van der Waals surface area contributed by atoms with E-state index in [-0.39, 0.29) is 18.4 Å². The van der Waals surface area contributed by atoms with Crippen LogP contribution < -0.4 is 9.47 Å². The van der Waals surface area contributed by atoms with E-state index in [0.29, 0.717) is 25.4 Å². The molecule has 1 aliphatic rings. The summed E-state index contributed by atoms with van der Waals surface area (Å²) in [4.78, 5) is 11.7. The Bertz CT molecular complexity index is 669. The Morgan fingerprint density at radius 1 is 1.32 bits per heavy atom. The van der Waals surface area contributed by atoms with Crippen molar-refractivity contribution in [1.82, 2.24) is 0 Å². The SMILES string of the molecule is CCOC(=O)/C(C)=C/CCC1(C)CCc2cc(OCOCCOC)ccc2O1. The van der Waals surface area contributed by atoms with Gasteiger partial charge in [-0.25, -0.2) is 4.79 Å². The minimum Gasteiger partial charge on any atom is -0.487 e. The van der Waals surface area contributed by atoms with Crippen molar-refractivity contribution in [2.24, 2.45) is 0 Å². The standard InChI is InChI=1S/C22H32O6/c1-5-26-21(23)17(2)7-6-11-22(3)12-10-18-15-19(8-9-20(18)28-22)27-16-25-14-13-24-4/h7-9,15H,5-6,10-14,16H2,1-4H3/b17-7+. The van der Waals surface area contributed by atoms with E-state index < -0.39 is 0 Å². The van der Waals surface area contributed by atoms with Crippen LogP contribution in [0.4, 0.5) is 0 Å². The predicted octanol–water partition coefficient (Wildman–Crippen LogP) is 4.06. The summed E-state index contributed by atoms with van der Waals surface area (Å²) in [6.45, 7) is 7.38. The molecule has 156 valence electrons. The van der Waals surface area contributed by atoms with Crippen molar-refractivity contribution in [1.29, 1.82) is 0 Å². The van der Waals surface area contributed by atoms with E-state index in [1.807, 2.05) is 31.2 Å². The summed E-state index contributed by atoms with van der Waals surface area (Å²) in [7, 11) is 1.64. The lowest BCUT2D eigenvalue weighted by Crippen LogP contribution is -2.36. The summed E-state index contributed by atoms with van der Waals surface area (Å²) in [5, 5.41) is 0. The highest BCUT2D eigenvalue weighted by molar-refractivity contribution is 5.87. The van der Waals surface area contributed by atoms with E-state index in [1.54, 1.807) is 14.0 Å². The number of aryl methyl sites for hydroxylation is 1. The lowest BCUT2D eigenvalue weighted by atomic mass is 9.88. The minimum atomic E-state index is -0.249. The lowest BCUT2D eigenvalue weighted by molar-refractivity contribution is -0.138. The predicted molar refractivity (Wildman–Crippen MR) is 107 cm³/mol. The number of allylic oxidation sites excluding steroid dienone is 1. The summed E-state index contributed by atoms with van der Waals surface area (Å²) in [5.41, 5.74) is 1.55. The average Bonchev–Trinajstić information content (AvgIpc) is 2.68. The fraction of sp³-hybridized carbons (Fsp3) is 0.591. The quantitative estimate of drug-likeness (QED) is 0.245. The Balaban J connectivity index is 1.86. The van der Waals surface area contributed by atoms with Crippen molar-refractivity contribution in [3.63, 3.8) is 0 Å². The average molecular weight is 392 g/mol. The third kappa shape index (κ3) is 6.84. The molecule has 0 saturated heterocycles. The van der Waals surface area contributed by atoms with Crippen molar-refractivity contribution < 1.29 is 28.5 Å². The smallest absolute Gasteiger partial charge is 0.333 e. The molecule has 1 unspecified atom stereocenters. The van der Waals surface area contributed by atoms with Crippen LogP contribution in [0, 0.1) is 0 Å². The largest absolute Gasteiger partial charge is 0.487 e. The summed E-state index contributed by atoms with van der Waals surface area (Å²) < 4.78 is 27.2. The Hall–Kier alpha value is -2.05. The molecule has 1 aromatic rings. The molecule has 28 heavy (non-hydrogen) atoms. The molecule has 1 aliphatic heterocycles. The maximum absolute atomic E-state index is 11.7. The number of methoxy groups -OCH3 is 1. The van der Waals surface area contributed by atoms with Gasteiger partial charge in [-0.1, -0.05) is 6.08 Å². The molecular formula is C22H32O6. The van der Waals surface area contributed by atoms with Crippen LogP contribution in [-0.4, -0.2) is 45.3 Å². The van der Waals surface area contributed by atoms with Gasteiger partial charge < -0.3 is 23.7 Å². The van der Waals surface area contributed by atoms with Gasteiger partial charge in [0.1, 0.15) is 17.1 Å². The number of hydrogen-bond acceptors (Lipinski definition) is 6. The number of carbonyl (C=O) groups is 1. The monoisotopic (exact) mass is 392 g/mol. The number of rotatable bonds is 11. The Morgan fingerprint density at radius 3 is 2.89 bits per heavy atom. The van der Waals surface area contributed by atoms with E-state index in [4.69, 9.17) is 23.7 Å². The van der Waals surface area contributed by atoms with Crippen molar-refractivity contribution in [2.45, 2.75) is 52.1 Å². The van der Waals surface area contributed by atoms with E-state index in [9.17, 15) is 4.79 Å². The maximum Gasteiger partial charge on any atom is 0.333 e. The number of benzene rings is 1. The van der Waals surface area contributed by atoms with Gasteiger partial charge in [-0.3, -0.25) is 0 Å². The van der Waals surface area contributed by atoms with Crippen molar-refractivity contribution >= 4 is 5.97 Å². The lowest BCUT2D eigenvalue weighted by Gasteiger charge is -2.36. The second-order valence-electron chi connectivity index (χ2n) is 7.13. The van der Waals surface area contributed by atoms with Gasteiger partial charge in [0, 0.05) is 12.7 Å². The first kappa shape index (κ1) is 22.2. The van der Waals surface area contributed by atoms with Crippen LogP contribution in [0.15, 0.2) is 29.8 Å². The molecule has 0 aliphatic carbocycles. The number of fused-ring (bicyclic) bond motifs is 1. The van der Waals surface area contributed by atoms with Gasteiger partial charge in [-0.2, -0.15) is 0 Å². The van der Waals surface area contributed by atoms with Gasteiger partial charge in [0.2, 0.25) is 0 Å². The second-order valence-corrected chi connectivity index (χ2v) is 7.13. The summed E-state index contributed by atoms with van der Waals surface area (Å²) in [6.07, 6.45) is 5.39. The first-order valence-electron chi connectivity index (χ1n) is 9.82. The van der Waals surface area contributed by atoms with Crippen LogP contribution >= 0.6 is 0 Å². The van der Waals surface area contributed by atoms with E-state index in [1.165, 1.54) is 0 Å². The number of hydrogen-bond donors (Lipinski definition) is 0. The van der Waals surface area contributed by atoms with E-state index >= 15 is 0 Å². The topological polar surface area (TPSA) is 63.2 Å². The minimum absolute atomic E-state index is 0.201. The number of ether oxygens (including phenoxy) is 5. The molecule has 2 rings (SSSR count). The zero-order valence-corrected chi connectivity index (χ0v) is 17.4. The van der Waals surface area contributed by atoms with Crippen LogP contribution in [-0.2, 0) is 25.4 Å². The Morgan fingerprint density at radius 2 is 2.14 bits per heavy atom. The molecule has 1 aromatic carbocycles. The van der Waals surface area contributed by atoms with Crippen molar-refractivity contribution in [3.05, 3.63) is 35.4 Å². The van der Waals surface area contributed by atoms with E-state index in [2.05, 4.69) is 6.92 Å². The molecule has 1 atom stereocenters. The molecule has 0 bridgehead atoms. The Labute approximate surface area is 167 Å². The normalized spacial score (nSPS) is 18.9. The molecule has 1 heterocycles. The highest BCUT2D eigenvalue weighted by atomic mass is 16.7. The summed E-state index contributed by atoms with van der Waals surface area (Å²) in [5.74, 6) is 1.42. The van der Waals surface area contributed by atoms with Gasteiger partial charge in [0.25, 0.3) is 0 Å². The third-order valence-electron chi connectivity index (χ3n) is 4.77. The molecule has 6 heteroatoms. The van der Waals surface area contributed by atoms with Crippen LogP contribution in [0.3, 0.4) is 0 Å². The van der Waals surface area contributed by atoms with Crippen molar-refractivity contribution in [3.8, 4) is 11.5 Å². The van der Waals surface area contributed by atoms with Crippen LogP contribution in [0.25, 0.3) is 0 Å². The number of carbonyl (C=O) groups excluding carboxylic acids is 1. The zero-order chi connectivity index (χ0) is 20.4. The summed E-state index contributed by atoms with van der Waals surface area (Å²) >= 11 is 0. The van der Waals surface area contributed by atoms with Gasteiger partial charge in [0.05, 0.1) is 19.8 Å². The Kier molecular flexibility index (Phi) is 8.80. The molecule has 6 nitrogen and oxygen atoms in total. The van der Waals surface area contributed by atoms with Crippen LogP contribution in [0.1, 0.15) is 45.6 Å². The van der Waals surface area contributed by atoms with Gasteiger partial charge in [-0.05, 0) is 70.2 Å². The van der Waals surface area contributed by atoms with Crippen molar-refractivity contribution in [2.75, 3.05) is 33.7 Å². The third-order valence-corrected chi connectivity index (χ3v) is 4.77. The van der Waals surface area contributed by atoms with Gasteiger partial charge >= 0.3 is 5.97 Å². The molecule has 0 radical (unpaired) electrons. The molecule has 0 fully saturated rings. The highest BCUT2D eigenvalue weighted by Crippen LogP contribution is 2.37. The molecule has 0 aromatic heterocycles. The molecule has 0 saturated carbocycles. The molecule has 0 N–H and O–H groups in total. The maximum atomic E-state index is 11.7. The zero-order valence-electron chi connectivity index (χ0n) is 17.4. The molecule has 0 amide bonds. The number of esters is 1. The van der Waals surface area contributed by atoms with Crippen LogP contribution in [0.5, 0.6) is 11.5 Å². The van der Waals surface area contributed by atoms with Gasteiger partial charge in [0.15, 0.2) is 6.79 Å². The first-order chi connectivity index (χ1) is 13.5. The first-order valence-corrected chi connectivity index (χ1v) is 9.82. The fourth-order valence-electron chi connectivity index (χ4n) is 3.07. The van der Waals surface area contributed by atoms with Gasteiger partial charge in [-0.15, -0.1) is 0 Å². The van der Waals surface area contributed by atoms with E-state index in [0.717, 1.165) is 42.7 Å². The second kappa shape index (κ2) is 11.1. The molecular weight excluding hydrogens is 360 g/mol. The summed E-state index contributed by atoms with van der Waals surface area (Å²) in [6, 6.07) is 5.87. The van der Waals surface area contributed by atoms with Crippen LogP contribution in [0.2, 0.25) is 0 Å². The molecule has 0 spiro atoms.